The molecule has 0 spiro atoms. The van der Waals surface area contributed by atoms with Gasteiger partial charge < -0.3 is 10.6 Å². The minimum atomic E-state index is -4.19. The first-order valence-electron chi connectivity index (χ1n) is 5.99. The molecule has 0 aliphatic heterocycles. The third kappa shape index (κ3) is 6.21. The lowest BCUT2D eigenvalue weighted by molar-refractivity contribution is -0.134. The van der Waals surface area contributed by atoms with Gasteiger partial charge in [0.2, 0.25) is 5.95 Å². The second-order valence-electron chi connectivity index (χ2n) is 3.96. The zero-order valence-electron chi connectivity index (χ0n) is 10.5. The number of nitrogens with one attached hydrogen (secondary N) is 2. The van der Waals surface area contributed by atoms with Gasteiger partial charge in [0, 0.05) is 19.5 Å². The molecule has 0 atom stereocenters. The van der Waals surface area contributed by atoms with E-state index in [1.165, 1.54) is 0 Å². The van der Waals surface area contributed by atoms with Gasteiger partial charge in [-0.25, -0.2) is 9.37 Å². The van der Waals surface area contributed by atoms with E-state index in [1.54, 1.807) is 0 Å². The number of halogens is 4. The lowest BCUT2D eigenvalue weighted by Gasteiger charge is -2.10. The fourth-order valence-corrected chi connectivity index (χ4v) is 1.31. The molecule has 0 aliphatic carbocycles. The van der Waals surface area contributed by atoms with Crippen LogP contribution in [0.4, 0.5) is 29.3 Å². The van der Waals surface area contributed by atoms with Crippen LogP contribution < -0.4 is 10.6 Å². The van der Waals surface area contributed by atoms with E-state index in [4.69, 9.17) is 0 Å². The summed E-state index contributed by atoms with van der Waals surface area (Å²) in [6.07, 6.45) is -3.40. The highest BCUT2D eigenvalue weighted by Crippen LogP contribution is 2.21. The third-order valence-electron chi connectivity index (χ3n) is 2.21. The van der Waals surface area contributed by atoms with Crippen molar-refractivity contribution in [3.63, 3.8) is 0 Å². The summed E-state index contributed by atoms with van der Waals surface area (Å²) >= 11 is 0. The van der Waals surface area contributed by atoms with Gasteiger partial charge in [-0.1, -0.05) is 6.92 Å². The van der Waals surface area contributed by atoms with Crippen molar-refractivity contribution in [1.82, 2.24) is 9.97 Å². The maximum absolute atomic E-state index is 13.3. The molecule has 2 N–H and O–H groups in total. The SMILES string of the molecule is CCCNc1ncc(F)c(NCCCC(F)(F)F)n1. The fourth-order valence-electron chi connectivity index (χ4n) is 1.31. The second-order valence-corrected chi connectivity index (χ2v) is 3.96. The first-order chi connectivity index (χ1) is 8.92. The molecule has 0 fully saturated rings. The van der Waals surface area contributed by atoms with E-state index in [0.29, 0.717) is 6.54 Å². The molecule has 0 unspecified atom stereocenters. The van der Waals surface area contributed by atoms with Gasteiger partial charge in [-0.3, -0.25) is 0 Å². The Balaban J connectivity index is 2.47. The standard InChI is InChI=1S/C11H16F4N4/c1-2-5-17-10-18-7-8(12)9(19-10)16-6-3-4-11(13,14)15/h7H,2-6H2,1H3,(H2,16,17,18,19). The van der Waals surface area contributed by atoms with E-state index < -0.39 is 18.4 Å². The molecule has 4 nitrogen and oxygen atoms in total. The summed E-state index contributed by atoms with van der Waals surface area (Å²) in [5.74, 6) is -0.522. The Bertz CT molecular complexity index is 395. The second kappa shape index (κ2) is 7.10. The molecular weight excluding hydrogens is 264 g/mol. The van der Waals surface area contributed by atoms with Crippen molar-refractivity contribution in [3.8, 4) is 0 Å². The lowest BCUT2D eigenvalue weighted by Crippen LogP contribution is -2.13. The zero-order chi connectivity index (χ0) is 14.3. The van der Waals surface area contributed by atoms with Gasteiger partial charge in [0.15, 0.2) is 11.6 Å². The monoisotopic (exact) mass is 280 g/mol. The van der Waals surface area contributed by atoms with Crippen LogP contribution in [-0.4, -0.2) is 29.2 Å². The van der Waals surface area contributed by atoms with Gasteiger partial charge >= 0.3 is 6.18 Å². The highest BCUT2D eigenvalue weighted by Gasteiger charge is 2.25. The minimum Gasteiger partial charge on any atom is -0.367 e. The van der Waals surface area contributed by atoms with Crippen molar-refractivity contribution in [3.05, 3.63) is 12.0 Å². The maximum atomic E-state index is 13.3. The number of alkyl halides is 3. The number of rotatable bonds is 7. The van der Waals surface area contributed by atoms with E-state index in [0.717, 1.165) is 12.6 Å². The van der Waals surface area contributed by atoms with Crippen LogP contribution in [0, 0.1) is 5.82 Å². The average molecular weight is 280 g/mol. The Morgan fingerprint density at radius 2 is 1.95 bits per heavy atom. The van der Waals surface area contributed by atoms with Crippen molar-refractivity contribution < 1.29 is 17.6 Å². The lowest BCUT2D eigenvalue weighted by atomic mass is 10.3. The quantitative estimate of drug-likeness (QED) is 0.595. The van der Waals surface area contributed by atoms with Crippen LogP contribution >= 0.6 is 0 Å². The van der Waals surface area contributed by atoms with E-state index >= 15 is 0 Å². The average Bonchev–Trinajstić information content (AvgIpc) is 2.33. The number of hydrogen-bond acceptors (Lipinski definition) is 4. The summed E-state index contributed by atoms with van der Waals surface area (Å²) in [5, 5.41) is 5.40. The minimum absolute atomic E-state index is 0.000656. The molecule has 1 aromatic rings. The molecule has 19 heavy (non-hydrogen) atoms. The van der Waals surface area contributed by atoms with Gasteiger partial charge in [-0.05, 0) is 12.8 Å². The molecule has 0 aromatic carbocycles. The van der Waals surface area contributed by atoms with Crippen molar-refractivity contribution in [2.45, 2.75) is 32.4 Å². The van der Waals surface area contributed by atoms with Crippen molar-refractivity contribution in [2.75, 3.05) is 23.7 Å². The highest BCUT2D eigenvalue weighted by atomic mass is 19.4. The van der Waals surface area contributed by atoms with Crippen LogP contribution in [-0.2, 0) is 0 Å². The van der Waals surface area contributed by atoms with Gasteiger partial charge in [0.05, 0.1) is 6.20 Å². The van der Waals surface area contributed by atoms with Crippen LogP contribution in [0.3, 0.4) is 0 Å². The van der Waals surface area contributed by atoms with Gasteiger partial charge in [-0.15, -0.1) is 0 Å². The molecule has 8 heteroatoms. The van der Waals surface area contributed by atoms with E-state index in [-0.39, 0.29) is 24.7 Å². The summed E-state index contributed by atoms with van der Waals surface area (Å²) in [6.45, 7) is 2.59. The van der Waals surface area contributed by atoms with Gasteiger partial charge in [-0.2, -0.15) is 18.2 Å². The van der Waals surface area contributed by atoms with Gasteiger partial charge in [0.1, 0.15) is 0 Å². The Hall–Kier alpha value is -1.60. The highest BCUT2D eigenvalue weighted by molar-refractivity contribution is 5.40. The number of anilines is 2. The molecule has 0 amide bonds. The predicted molar refractivity (Wildman–Crippen MR) is 64.5 cm³/mol. The van der Waals surface area contributed by atoms with E-state index in [9.17, 15) is 17.6 Å². The van der Waals surface area contributed by atoms with Crippen LogP contribution in [0.1, 0.15) is 26.2 Å². The van der Waals surface area contributed by atoms with Crippen LogP contribution in [0.5, 0.6) is 0 Å². The van der Waals surface area contributed by atoms with E-state index in [2.05, 4.69) is 20.6 Å². The normalized spacial score (nSPS) is 11.4. The summed E-state index contributed by atoms with van der Waals surface area (Å²) in [6, 6.07) is 0. The molecular formula is C11H16F4N4. The van der Waals surface area contributed by atoms with Crippen LogP contribution in [0.25, 0.3) is 0 Å². The molecule has 1 heterocycles. The first kappa shape index (κ1) is 15.5. The largest absolute Gasteiger partial charge is 0.389 e. The molecule has 1 aromatic heterocycles. The Labute approximate surface area is 108 Å². The molecule has 0 saturated carbocycles. The summed E-state index contributed by atoms with van der Waals surface area (Å²) < 4.78 is 49.1. The van der Waals surface area contributed by atoms with E-state index in [1.807, 2.05) is 6.92 Å². The van der Waals surface area contributed by atoms with Crippen LogP contribution in [0.15, 0.2) is 6.20 Å². The Morgan fingerprint density at radius 3 is 2.58 bits per heavy atom. The molecule has 1 rings (SSSR count). The summed E-state index contributed by atoms with van der Waals surface area (Å²) in [5.41, 5.74) is 0. The molecule has 0 saturated heterocycles. The predicted octanol–water partition coefficient (Wildman–Crippen LogP) is 3.19. The van der Waals surface area contributed by atoms with Crippen molar-refractivity contribution in [1.29, 1.82) is 0 Å². The maximum Gasteiger partial charge on any atom is 0.389 e. The summed E-state index contributed by atoms with van der Waals surface area (Å²) in [4.78, 5) is 7.58. The third-order valence-corrected chi connectivity index (χ3v) is 2.21. The van der Waals surface area contributed by atoms with Crippen molar-refractivity contribution >= 4 is 11.8 Å². The zero-order valence-corrected chi connectivity index (χ0v) is 10.5. The molecule has 0 bridgehead atoms. The first-order valence-corrected chi connectivity index (χ1v) is 5.99. The smallest absolute Gasteiger partial charge is 0.367 e. The van der Waals surface area contributed by atoms with Crippen LogP contribution in [0.2, 0.25) is 0 Å². The number of hydrogen-bond donors (Lipinski definition) is 2. The summed E-state index contributed by atoms with van der Waals surface area (Å²) in [7, 11) is 0. The Morgan fingerprint density at radius 1 is 1.21 bits per heavy atom. The van der Waals surface area contributed by atoms with Gasteiger partial charge in [0.25, 0.3) is 0 Å². The molecule has 108 valence electrons. The number of nitrogens with zero attached hydrogens (tertiary/aromatic N) is 2. The molecule has 0 aliphatic rings. The number of aromatic nitrogens is 2. The van der Waals surface area contributed by atoms with Crippen molar-refractivity contribution in [2.24, 2.45) is 0 Å². The fraction of sp³-hybridized carbons (Fsp3) is 0.636. The Kier molecular flexibility index (Phi) is 5.78. The topological polar surface area (TPSA) is 49.8 Å². The molecule has 0 radical (unpaired) electrons.